The summed E-state index contributed by atoms with van der Waals surface area (Å²) in [6.45, 7) is 4.10. The quantitative estimate of drug-likeness (QED) is 0.738. The smallest absolute Gasteiger partial charge is 0.130 e. The Morgan fingerprint density at radius 3 is 3.07 bits per heavy atom. The van der Waals surface area contributed by atoms with E-state index in [1.54, 1.807) is 12.3 Å². The minimum atomic E-state index is 0.488. The first kappa shape index (κ1) is 9.99. The van der Waals surface area contributed by atoms with Crippen LogP contribution in [0.5, 0.6) is 5.75 Å². The minimum Gasteiger partial charge on any atom is -0.489 e. The van der Waals surface area contributed by atoms with Gasteiger partial charge in [-0.1, -0.05) is 24.3 Å². The Kier molecular flexibility index (Phi) is 2.88. The van der Waals surface area contributed by atoms with E-state index in [2.05, 4.69) is 11.6 Å². The van der Waals surface area contributed by atoms with Gasteiger partial charge in [0.25, 0.3) is 0 Å². The van der Waals surface area contributed by atoms with Gasteiger partial charge in [-0.3, -0.25) is 4.98 Å². The molecule has 2 aromatic rings. The van der Waals surface area contributed by atoms with E-state index < -0.39 is 0 Å². The Balaban J connectivity index is 2.50. The first-order chi connectivity index (χ1) is 7.31. The second-order valence-electron chi connectivity index (χ2n) is 3.07. The van der Waals surface area contributed by atoms with E-state index in [0.717, 1.165) is 16.7 Å². The van der Waals surface area contributed by atoms with Gasteiger partial charge >= 0.3 is 0 Å². The predicted octanol–water partition coefficient (Wildman–Crippen LogP) is 3.45. The summed E-state index contributed by atoms with van der Waals surface area (Å²) in [5.74, 6) is 0.802. The van der Waals surface area contributed by atoms with Crippen molar-refractivity contribution >= 4 is 22.5 Å². The van der Waals surface area contributed by atoms with E-state index in [9.17, 15) is 0 Å². The lowest BCUT2D eigenvalue weighted by Crippen LogP contribution is -1.94. The van der Waals surface area contributed by atoms with Crippen LogP contribution in [0, 0.1) is 0 Å². The molecule has 0 saturated carbocycles. The van der Waals surface area contributed by atoms with Gasteiger partial charge in [-0.2, -0.15) is 0 Å². The van der Waals surface area contributed by atoms with Crippen molar-refractivity contribution in [2.75, 3.05) is 6.61 Å². The zero-order valence-electron chi connectivity index (χ0n) is 8.11. The SMILES string of the molecule is C=CCOc1ccnc2cc(Cl)ccc12. The fourth-order valence-electron chi connectivity index (χ4n) is 1.37. The van der Waals surface area contributed by atoms with Crippen molar-refractivity contribution in [2.24, 2.45) is 0 Å². The van der Waals surface area contributed by atoms with Crippen molar-refractivity contribution < 1.29 is 4.74 Å². The maximum Gasteiger partial charge on any atom is 0.130 e. The van der Waals surface area contributed by atoms with Gasteiger partial charge in [0.05, 0.1) is 5.52 Å². The zero-order valence-corrected chi connectivity index (χ0v) is 8.87. The van der Waals surface area contributed by atoms with Crippen LogP contribution in [0.4, 0.5) is 0 Å². The van der Waals surface area contributed by atoms with Crippen LogP contribution in [0.1, 0.15) is 0 Å². The summed E-state index contributed by atoms with van der Waals surface area (Å²) < 4.78 is 5.51. The highest BCUT2D eigenvalue weighted by atomic mass is 35.5. The monoisotopic (exact) mass is 219 g/mol. The molecule has 1 heterocycles. The van der Waals surface area contributed by atoms with Crippen LogP contribution in [-0.4, -0.2) is 11.6 Å². The summed E-state index contributed by atoms with van der Waals surface area (Å²) in [6.07, 6.45) is 3.42. The molecule has 1 aromatic carbocycles. The predicted molar refractivity (Wildman–Crippen MR) is 62.4 cm³/mol. The maximum absolute atomic E-state index is 5.88. The number of halogens is 1. The molecule has 2 rings (SSSR count). The molecule has 76 valence electrons. The normalized spacial score (nSPS) is 10.2. The molecule has 0 saturated heterocycles. The lowest BCUT2D eigenvalue weighted by Gasteiger charge is -2.06. The molecule has 0 fully saturated rings. The van der Waals surface area contributed by atoms with Crippen LogP contribution in [0.25, 0.3) is 10.9 Å². The van der Waals surface area contributed by atoms with Gasteiger partial charge in [-0.15, -0.1) is 0 Å². The molecule has 0 bridgehead atoms. The lowest BCUT2D eigenvalue weighted by molar-refractivity contribution is 0.367. The van der Waals surface area contributed by atoms with Crippen LogP contribution < -0.4 is 4.74 Å². The third-order valence-corrected chi connectivity index (χ3v) is 2.26. The van der Waals surface area contributed by atoms with Gasteiger partial charge in [0, 0.05) is 16.6 Å². The number of rotatable bonds is 3. The maximum atomic E-state index is 5.88. The second kappa shape index (κ2) is 4.32. The van der Waals surface area contributed by atoms with Gasteiger partial charge in [-0.05, 0) is 24.3 Å². The van der Waals surface area contributed by atoms with Crippen LogP contribution >= 0.6 is 11.6 Å². The Bertz CT molecular complexity index is 496. The van der Waals surface area contributed by atoms with Crippen LogP contribution in [0.15, 0.2) is 43.1 Å². The van der Waals surface area contributed by atoms with Crippen LogP contribution in [0.2, 0.25) is 5.02 Å². The van der Waals surface area contributed by atoms with Crippen molar-refractivity contribution in [3.05, 3.63) is 48.1 Å². The molecule has 0 unspecified atom stereocenters. The molecule has 0 radical (unpaired) electrons. The summed E-state index contributed by atoms with van der Waals surface area (Å²) in [5, 5.41) is 1.64. The molecular weight excluding hydrogens is 210 g/mol. The molecule has 0 atom stereocenters. The average molecular weight is 220 g/mol. The fraction of sp³-hybridized carbons (Fsp3) is 0.0833. The summed E-state index contributed by atoms with van der Waals surface area (Å²) >= 11 is 5.88. The third kappa shape index (κ3) is 2.10. The molecule has 0 aliphatic rings. The summed E-state index contributed by atoms with van der Waals surface area (Å²) in [6, 6.07) is 7.38. The van der Waals surface area contributed by atoms with Gasteiger partial charge in [0.2, 0.25) is 0 Å². The van der Waals surface area contributed by atoms with Crippen molar-refractivity contribution in [1.82, 2.24) is 4.98 Å². The molecule has 0 aliphatic heterocycles. The standard InChI is InChI=1S/C12H10ClNO/c1-2-7-15-12-5-6-14-11-8-9(13)3-4-10(11)12/h2-6,8H,1,7H2. The summed E-state index contributed by atoms with van der Waals surface area (Å²) in [4.78, 5) is 4.22. The van der Waals surface area contributed by atoms with Crippen LogP contribution in [0.3, 0.4) is 0 Å². The second-order valence-corrected chi connectivity index (χ2v) is 3.51. The van der Waals surface area contributed by atoms with E-state index in [4.69, 9.17) is 16.3 Å². The minimum absolute atomic E-state index is 0.488. The van der Waals surface area contributed by atoms with Crippen molar-refractivity contribution in [2.45, 2.75) is 0 Å². The molecular formula is C12H10ClNO. The molecule has 15 heavy (non-hydrogen) atoms. The van der Waals surface area contributed by atoms with E-state index in [1.807, 2.05) is 24.3 Å². The number of hydrogen-bond donors (Lipinski definition) is 0. The Hall–Kier alpha value is -1.54. The largest absolute Gasteiger partial charge is 0.489 e. The molecule has 0 spiro atoms. The first-order valence-electron chi connectivity index (χ1n) is 4.59. The average Bonchev–Trinajstić information content (AvgIpc) is 2.25. The number of pyridine rings is 1. The molecule has 0 aliphatic carbocycles. The van der Waals surface area contributed by atoms with Gasteiger partial charge in [-0.25, -0.2) is 0 Å². The summed E-state index contributed by atoms with van der Waals surface area (Å²) in [7, 11) is 0. The molecule has 0 N–H and O–H groups in total. The van der Waals surface area contributed by atoms with E-state index >= 15 is 0 Å². The van der Waals surface area contributed by atoms with Crippen LogP contribution in [-0.2, 0) is 0 Å². The van der Waals surface area contributed by atoms with Gasteiger partial charge in [0.1, 0.15) is 12.4 Å². The number of benzene rings is 1. The Labute approximate surface area is 93.2 Å². The van der Waals surface area contributed by atoms with E-state index in [-0.39, 0.29) is 0 Å². The molecule has 0 amide bonds. The number of fused-ring (bicyclic) bond motifs is 1. The van der Waals surface area contributed by atoms with Gasteiger partial charge in [0.15, 0.2) is 0 Å². The molecule has 2 nitrogen and oxygen atoms in total. The Morgan fingerprint density at radius 1 is 1.40 bits per heavy atom. The fourth-order valence-corrected chi connectivity index (χ4v) is 1.54. The number of hydrogen-bond acceptors (Lipinski definition) is 2. The number of ether oxygens (including phenoxy) is 1. The summed E-state index contributed by atoms with van der Waals surface area (Å²) in [5.41, 5.74) is 0.837. The molecule has 1 aromatic heterocycles. The highest BCUT2D eigenvalue weighted by molar-refractivity contribution is 6.31. The van der Waals surface area contributed by atoms with E-state index in [1.165, 1.54) is 0 Å². The van der Waals surface area contributed by atoms with E-state index in [0.29, 0.717) is 11.6 Å². The number of aromatic nitrogens is 1. The van der Waals surface area contributed by atoms with Crippen molar-refractivity contribution in [3.63, 3.8) is 0 Å². The Morgan fingerprint density at radius 2 is 2.27 bits per heavy atom. The topological polar surface area (TPSA) is 22.1 Å². The van der Waals surface area contributed by atoms with Crippen molar-refractivity contribution in [1.29, 1.82) is 0 Å². The number of nitrogens with zero attached hydrogens (tertiary/aromatic N) is 1. The third-order valence-electron chi connectivity index (χ3n) is 2.02. The zero-order chi connectivity index (χ0) is 10.7. The highest BCUT2D eigenvalue weighted by Crippen LogP contribution is 2.25. The van der Waals surface area contributed by atoms with Gasteiger partial charge < -0.3 is 4.74 Å². The highest BCUT2D eigenvalue weighted by Gasteiger charge is 2.02. The lowest BCUT2D eigenvalue weighted by atomic mass is 10.2. The van der Waals surface area contributed by atoms with Crippen molar-refractivity contribution in [3.8, 4) is 5.75 Å². The first-order valence-corrected chi connectivity index (χ1v) is 4.97. The molecule has 3 heteroatoms.